The van der Waals surface area contributed by atoms with Crippen LogP contribution in [0.15, 0.2) is 30.3 Å². The smallest absolute Gasteiger partial charge is 0.135 e. The Morgan fingerprint density at radius 1 is 1.19 bits per heavy atom. The molecule has 1 heteroatoms. The van der Waals surface area contributed by atoms with Crippen LogP contribution in [0, 0.1) is 5.92 Å². The predicted molar refractivity (Wildman–Crippen MR) is 68.6 cm³/mol. The molecule has 0 radical (unpaired) electrons. The molecule has 1 aromatic rings. The second-order valence-corrected chi connectivity index (χ2v) is 4.68. The van der Waals surface area contributed by atoms with Gasteiger partial charge in [-0.1, -0.05) is 51.1 Å². The molecule has 1 rings (SSSR count). The van der Waals surface area contributed by atoms with Gasteiger partial charge in [-0.3, -0.25) is 4.79 Å². The molecule has 0 N–H and O–H groups in total. The molecule has 0 aliphatic carbocycles. The zero-order valence-electron chi connectivity index (χ0n) is 10.6. The first-order chi connectivity index (χ1) is 7.65. The van der Waals surface area contributed by atoms with E-state index in [2.05, 4.69) is 31.2 Å². The monoisotopic (exact) mass is 218 g/mol. The van der Waals surface area contributed by atoms with Gasteiger partial charge in [-0.25, -0.2) is 0 Å². The molecule has 1 nitrogen and oxygen atoms in total. The molecule has 0 aliphatic rings. The molecule has 1 unspecified atom stereocenters. The largest absolute Gasteiger partial charge is 0.299 e. The number of carbonyl (C=O) groups excluding carboxylic acids is 1. The van der Waals surface area contributed by atoms with Crippen LogP contribution >= 0.6 is 0 Å². The lowest BCUT2D eigenvalue weighted by Crippen LogP contribution is -2.09. The summed E-state index contributed by atoms with van der Waals surface area (Å²) in [7, 11) is 0. The van der Waals surface area contributed by atoms with Gasteiger partial charge < -0.3 is 0 Å². The normalized spacial score (nSPS) is 12.8. The number of rotatable bonds is 6. The molecule has 88 valence electrons. The molecule has 0 bridgehead atoms. The first kappa shape index (κ1) is 13.0. The summed E-state index contributed by atoms with van der Waals surface area (Å²) in [5.74, 6) is 1.09. The lowest BCUT2D eigenvalue weighted by molar-refractivity contribution is -0.122. The fourth-order valence-electron chi connectivity index (χ4n) is 1.94. The Balaban J connectivity index is 2.54. The molecule has 1 atom stereocenters. The van der Waals surface area contributed by atoms with E-state index < -0.39 is 0 Å². The van der Waals surface area contributed by atoms with E-state index in [1.165, 1.54) is 5.56 Å². The summed E-state index contributed by atoms with van der Waals surface area (Å²) in [4.78, 5) is 11.6. The lowest BCUT2D eigenvalue weighted by Gasteiger charge is -2.15. The summed E-state index contributed by atoms with van der Waals surface area (Å²) in [5, 5.41) is 0. The van der Waals surface area contributed by atoms with Gasteiger partial charge >= 0.3 is 0 Å². The van der Waals surface area contributed by atoms with E-state index in [4.69, 9.17) is 0 Å². The van der Waals surface area contributed by atoms with Gasteiger partial charge in [0.05, 0.1) is 0 Å². The number of carbonyl (C=O) groups is 1. The van der Waals surface area contributed by atoms with E-state index in [-0.39, 0.29) is 5.92 Å². The predicted octanol–water partition coefficient (Wildman–Crippen LogP) is 4.19. The Morgan fingerprint density at radius 2 is 1.81 bits per heavy atom. The van der Waals surface area contributed by atoms with Crippen molar-refractivity contribution in [3.8, 4) is 0 Å². The fourth-order valence-corrected chi connectivity index (χ4v) is 1.94. The Morgan fingerprint density at radius 3 is 2.31 bits per heavy atom. The summed E-state index contributed by atoms with van der Waals surface area (Å²) in [6, 6.07) is 10.5. The molecule has 0 aromatic heterocycles. The van der Waals surface area contributed by atoms with Crippen LogP contribution in [-0.4, -0.2) is 5.78 Å². The molecule has 0 saturated carbocycles. The second-order valence-electron chi connectivity index (χ2n) is 4.68. The topological polar surface area (TPSA) is 17.1 Å². The van der Waals surface area contributed by atoms with Gasteiger partial charge in [-0.05, 0) is 24.3 Å². The maximum absolute atomic E-state index is 11.6. The summed E-state index contributed by atoms with van der Waals surface area (Å²) in [6.45, 7) is 6.15. The number of ketones is 1. The first-order valence-electron chi connectivity index (χ1n) is 6.22. The zero-order valence-corrected chi connectivity index (χ0v) is 10.6. The third-order valence-corrected chi connectivity index (χ3v) is 3.15. The average Bonchev–Trinajstić information content (AvgIpc) is 2.30. The Bertz CT molecular complexity index is 313. The van der Waals surface area contributed by atoms with Gasteiger partial charge in [-0.2, -0.15) is 0 Å². The number of hydrogen-bond donors (Lipinski definition) is 0. The zero-order chi connectivity index (χ0) is 12.0. The van der Waals surface area contributed by atoms with E-state index in [0.29, 0.717) is 18.1 Å². The minimum absolute atomic E-state index is 0.174. The number of hydrogen-bond acceptors (Lipinski definition) is 1. The summed E-state index contributed by atoms with van der Waals surface area (Å²) in [5.41, 5.74) is 1.36. The lowest BCUT2D eigenvalue weighted by atomic mass is 9.89. The van der Waals surface area contributed by atoms with E-state index in [1.54, 1.807) is 0 Å². The molecule has 1 aromatic carbocycles. The molecular weight excluding hydrogens is 196 g/mol. The minimum atomic E-state index is 0.174. The van der Waals surface area contributed by atoms with Crippen LogP contribution in [-0.2, 0) is 4.79 Å². The summed E-state index contributed by atoms with van der Waals surface area (Å²) < 4.78 is 0. The van der Waals surface area contributed by atoms with Crippen LogP contribution < -0.4 is 0 Å². The van der Waals surface area contributed by atoms with Crippen molar-refractivity contribution in [3.63, 3.8) is 0 Å². The quantitative estimate of drug-likeness (QED) is 0.700. The van der Waals surface area contributed by atoms with Crippen molar-refractivity contribution in [1.82, 2.24) is 0 Å². The van der Waals surface area contributed by atoms with Crippen molar-refractivity contribution >= 4 is 5.78 Å². The van der Waals surface area contributed by atoms with Crippen LogP contribution in [0.5, 0.6) is 0 Å². The minimum Gasteiger partial charge on any atom is -0.299 e. The molecule has 0 spiro atoms. The van der Waals surface area contributed by atoms with Crippen LogP contribution in [0.3, 0.4) is 0 Å². The number of Topliss-reactive ketones (excluding diaryl/α,β-unsaturated/α-hetero) is 1. The van der Waals surface area contributed by atoms with Crippen molar-refractivity contribution in [3.05, 3.63) is 35.9 Å². The van der Waals surface area contributed by atoms with Crippen LogP contribution in [0.4, 0.5) is 0 Å². The van der Waals surface area contributed by atoms with Crippen LogP contribution in [0.1, 0.15) is 51.5 Å². The third-order valence-electron chi connectivity index (χ3n) is 3.15. The van der Waals surface area contributed by atoms with E-state index in [9.17, 15) is 4.79 Å². The summed E-state index contributed by atoms with van der Waals surface area (Å²) in [6.07, 6.45) is 2.80. The molecule has 0 aliphatic heterocycles. The van der Waals surface area contributed by atoms with Crippen molar-refractivity contribution in [1.29, 1.82) is 0 Å². The molecule has 0 amide bonds. The highest BCUT2D eigenvalue weighted by atomic mass is 16.1. The maximum Gasteiger partial charge on any atom is 0.135 e. The first-order valence-corrected chi connectivity index (χ1v) is 6.22. The van der Waals surface area contributed by atoms with Crippen LogP contribution in [0.2, 0.25) is 0 Å². The second kappa shape index (κ2) is 6.47. The van der Waals surface area contributed by atoms with Crippen molar-refractivity contribution in [2.24, 2.45) is 5.92 Å². The average molecular weight is 218 g/mol. The summed E-state index contributed by atoms with van der Waals surface area (Å²) >= 11 is 0. The van der Waals surface area contributed by atoms with E-state index >= 15 is 0 Å². The Labute approximate surface area is 98.9 Å². The van der Waals surface area contributed by atoms with Gasteiger partial charge in [0.2, 0.25) is 0 Å². The highest BCUT2D eigenvalue weighted by molar-refractivity contribution is 5.80. The van der Waals surface area contributed by atoms with E-state index in [0.717, 1.165) is 12.8 Å². The Hall–Kier alpha value is -1.11. The number of benzene rings is 1. The van der Waals surface area contributed by atoms with Crippen molar-refractivity contribution in [2.45, 2.75) is 46.0 Å². The molecule has 0 fully saturated rings. The van der Waals surface area contributed by atoms with E-state index in [1.807, 2.05) is 19.9 Å². The van der Waals surface area contributed by atoms with Crippen LogP contribution in [0.25, 0.3) is 0 Å². The van der Waals surface area contributed by atoms with Gasteiger partial charge in [0.15, 0.2) is 0 Å². The highest BCUT2D eigenvalue weighted by Crippen LogP contribution is 2.25. The fraction of sp³-hybridized carbons (Fsp3) is 0.533. The van der Waals surface area contributed by atoms with Gasteiger partial charge in [0, 0.05) is 12.3 Å². The van der Waals surface area contributed by atoms with Crippen molar-refractivity contribution < 1.29 is 4.79 Å². The Kier molecular flexibility index (Phi) is 5.24. The third kappa shape index (κ3) is 3.80. The van der Waals surface area contributed by atoms with Crippen molar-refractivity contribution in [2.75, 3.05) is 0 Å². The molecule has 16 heavy (non-hydrogen) atoms. The molecular formula is C15H22O. The van der Waals surface area contributed by atoms with Gasteiger partial charge in [-0.15, -0.1) is 0 Å². The standard InChI is InChI=1S/C15H22O/c1-4-13(10-11-15(16)12(2)3)14-8-6-5-7-9-14/h5-9,12-13H,4,10-11H2,1-3H3. The molecule has 0 heterocycles. The molecule has 0 saturated heterocycles. The maximum atomic E-state index is 11.6. The highest BCUT2D eigenvalue weighted by Gasteiger charge is 2.13. The SMILES string of the molecule is CCC(CCC(=O)C(C)C)c1ccccc1. The van der Waals surface area contributed by atoms with Gasteiger partial charge in [0.25, 0.3) is 0 Å². The van der Waals surface area contributed by atoms with Gasteiger partial charge in [0.1, 0.15) is 5.78 Å².